The molecule has 130 valence electrons. The molecular formula is C20H17N3O2S. The van der Waals surface area contributed by atoms with Crippen LogP contribution >= 0.6 is 11.3 Å². The van der Waals surface area contributed by atoms with Crippen molar-refractivity contribution in [2.24, 2.45) is 5.73 Å². The van der Waals surface area contributed by atoms with Gasteiger partial charge in [-0.3, -0.25) is 4.79 Å². The second-order valence-corrected chi connectivity index (χ2v) is 6.74. The zero-order chi connectivity index (χ0) is 18.1. The Labute approximate surface area is 154 Å². The van der Waals surface area contributed by atoms with Crippen molar-refractivity contribution in [1.82, 2.24) is 9.97 Å². The summed E-state index contributed by atoms with van der Waals surface area (Å²) in [7, 11) is 1.66. The SMILES string of the molecule is COc1ccc2c(Cc3cccc(C(N)=O)n3)c(-c3ccsc3)[nH]c2c1. The Bertz CT molecular complexity index is 1080. The van der Waals surface area contributed by atoms with Crippen molar-refractivity contribution >= 4 is 28.1 Å². The monoisotopic (exact) mass is 363 g/mol. The van der Waals surface area contributed by atoms with Crippen LogP contribution in [0.3, 0.4) is 0 Å². The molecule has 5 nitrogen and oxygen atoms in total. The van der Waals surface area contributed by atoms with E-state index in [0.29, 0.717) is 6.42 Å². The van der Waals surface area contributed by atoms with Gasteiger partial charge in [0.1, 0.15) is 11.4 Å². The third-order valence-electron chi connectivity index (χ3n) is 4.34. The first-order chi connectivity index (χ1) is 12.7. The van der Waals surface area contributed by atoms with Crippen molar-refractivity contribution in [2.45, 2.75) is 6.42 Å². The Kier molecular flexibility index (Phi) is 4.18. The average molecular weight is 363 g/mol. The second kappa shape index (κ2) is 6.65. The lowest BCUT2D eigenvalue weighted by molar-refractivity contribution is 0.0995. The molecule has 3 aromatic heterocycles. The Morgan fingerprint density at radius 2 is 2.15 bits per heavy atom. The van der Waals surface area contributed by atoms with Gasteiger partial charge in [-0.25, -0.2) is 4.98 Å². The number of methoxy groups -OCH3 is 1. The van der Waals surface area contributed by atoms with E-state index in [1.54, 1.807) is 24.5 Å². The minimum Gasteiger partial charge on any atom is -0.497 e. The molecular weight excluding hydrogens is 346 g/mol. The largest absolute Gasteiger partial charge is 0.497 e. The Morgan fingerprint density at radius 3 is 2.88 bits per heavy atom. The normalized spacial score (nSPS) is 11.0. The maximum Gasteiger partial charge on any atom is 0.267 e. The van der Waals surface area contributed by atoms with Crippen LogP contribution in [0.4, 0.5) is 0 Å². The Balaban J connectivity index is 1.86. The zero-order valence-corrected chi connectivity index (χ0v) is 15.0. The maximum atomic E-state index is 11.4. The van der Waals surface area contributed by atoms with Crippen LogP contribution in [0, 0.1) is 0 Å². The molecule has 0 aliphatic rings. The highest BCUT2D eigenvalue weighted by atomic mass is 32.1. The summed E-state index contributed by atoms with van der Waals surface area (Å²) in [4.78, 5) is 19.3. The van der Waals surface area contributed by atoms with E-state index in [4.69, 9.17) is 10.5 Å². The first-order valence-corrected chi connectivity index (χ1v) is 9.07. The number of aromatic amines is 1. The van der Waals surface area contributed by atoms with Gasteiger partial charge in [0.2, 0.25) is 0 Å². The topological polar surface area (TPSA) is 81.0 Å². The number of carbonyl (C=O) groups is 1. The number of nitrogens with one attached hydrogen (secondary N) is 1. The first kappa shape index (κ1) is 16.4. The highest BCUT2D eigenvalue weighted by Gasteiger charge is 2.16. The predicted molar refractivity (Wildman–Crippen MR) is 104 cm³/mol. The van der Waals surface area contributed by atoms with Gasteiger partial charge in [-0.1, -0.05) is 6.07 Å². The number of pyridine rings is 1. The fraction of sp³-hybridized carbons (Fsp3) is 0.100. The summed E-state index contributed by atoms with van der Waals surface area (Å²) >= 11 is 1.65. The highest BCUT2D eigenvalue weighted by Crippen LogP contribution is 2.34. The summed E-state index contributed by atoms with van der Waals surface area (Å²) in [6.07, 6.45) is 0.596. The standard InChI is InChI=1S/C20H17N3O2S/c1-25-14-5-6-15-16(9-13-3-2-4-17(22-13)20(21)24)19(23-18(15)10-14)12-7-8-26-11-12/h2-8,10-11,23H,9H2,1H3,(H2,21,24). The van der Waals surface area contributed by atoms with Crippen LogP contribution in [-0.2, 0) is 6.42 Å². The second-order valence-electron chi connectivity index (χ2n) is 5.96. The van der Waals surface area contributed by atoms with E-state index < -0.39 is 5.91 Å². The summed E-state index contributed by atoms with van der Waals surface area (Å²) in [6.45, 7) is 0. The number of nitrogens with two attached hydrogens (primary N) is 1. The molecule has 4 rings (SSSR count). The lowest BCUT2D eigenvalue weighted by atomic mass is 10.0. The van der Waals surface area contributed by atoms with E-state index in [0.717, 1.165) is 39.2 Å². The van der Waals surface area contributed by atoms with Gasteiger partial charge in [0.15, 0.2) is 0 Å². The number of aromatic nitrogens is 2. The molecule has 1 aromatic carbocycles. The van der Waals surface area contributed by atoms with E-state index in [-0.39, 0.29) is 5.69 Å². The maximum absolute atomic E-state index is 11.4. The number of thiophene rings is 1. The van der Waals surface area contributed by atoms with Gasteiger partial charge in [0, 0.05) is 40.0 Å². The number of hydrogen-bond donors (Lipinski definition) is 2. The molecule has 3 N–H and O–H groups in total. The minimum atomic E-state index is -0.520. The summed E-state index contributed by atoms with van der Waals surface area (Å²) in [5.74, 6) is 0.282. The Morgan fingerprint density at radius 1 is 1.27 bits per heavy atom. The molecule has 6 heteroatoms. The molecule has 1 amide bonds. The highest BCUT2D eigenvalue weighted by molar-refractivity contribution is 7.08. The van der Waals surface area contributed by atoms with Crippen LogP contribution in [0.15, 0.2) is 53.2 Å². The van der Waals surface area contributed by atoms with Crippen LogP contribution in [0.2, 0.25) is 0 Å². The van der Waals surface area contributed by atoms with Gasteiger partial charge in [-0.15, -0.1) is 0 Å². The number of nitrogens with zero attached hydrogens (tertiary/aromatic N) is 1. The molecule has 0 aliphatic heterocycles. The van der Waals surface area contributed by atoms with Crippen LogP contribution in [0.1, 0.15) is 21.7 Å². The fourth-order valence-corrected chi connectivity index (χ4v) is 3.74. The number of rotatable bonds is 5. The van der Waals surface area contributed by atoms with Crippen molar-refractivity contribution in [3.63, 3.8) is 0 Å². The van der Waals surface area contributed by atoms with Gasteiger partial charge in [0.05, 0.1) is 12.8 Å². The molecule has 0 aliphatic carbocycles. The lowest BCUT2D eigenvalue weighted by Gasteiger charge is -2.05. The van der Waals surface area contributed by atoms with Crippen LogP contribution < -0.4 is 10.5 Å². The zero-order valence-electron chi connectivity index (χ0n) is 14.2. The molecule has 0 bridgehead atoms. The first-order valence-electron chi connectivity index (χ1n) is 8.12. The van der Waals surface area contributed by atoms with E-state index in [1.165, 1.54) is 0 Å². The summed E-state index contributed by atoms with van der Waals surface area (Å²) < 4.78 is 5.34. The lowest BCUT2D eigenvalue weighted by Crippen LogP contribution is -2.13. The van der Waals surface area contributed by atoms with Gasteiger partial charge in [-0.05, 0) is 41.3 Å². The van der Waals surface area contributed by atoms with E-state index in [1.807, 2.05) is 30.3 Å². The van der Waals surface area contributed by atoms with E-state index >= 15 is 0 Å². The number of carbonyl (C=O) groups excluding carboxylic acids is 1. The number of H-pyrrole nitrogens is 1. The van der Waals surface area contributed by atoms with E-state index in [9.17, 15) is 4.79 Å². The number of amides is 1. The third-order valence-corrected chi connectivity index (χ3v) is 5.02. The summed E-state index contributed by atoms with van der Waals surface area (Å²) in [5, 5.41) is 5.27. The molecule has 4 aromatic rings. The van der Waals surface area contributed by atoms with Crippen molar-refractivity contribution in [2.75, 3.05) is 7.11 Å². The van der Waals surface area contributed by atoms with Gasteiger partial charge in [0.25, 0.3) is 5.91 Å². The number of ether oxygens (including phenoxy) is 1. The third kappa shape index (κ3) is 2.95. The van der Waals surface area contributed by atoms with Crippen molar-refractivity contribution < 1.29 is 9.53 Å². The van der Waals surface area contributed by atoms with Gasteiger partial charge in [-0.2, -0.15) is 11.3 Å². The smallest absolute Gasteiger partial charge is 0.267 e. The summed E-state index contributed by atoms with van der Waals surface area (Å²) in [6, 6.07) is 13.4. The molecule has 3 heterocycles. The minimum absolute atomic E-state index is 0.279. The predicted octanol–water partition coefficient (Wildman–Crippen LogP) is 3.99. The molecule has 0 atom stereocenters. The Hall–Kier alpha value is -3.12. The van der Waals surface area contributed by atoms with Crippen molar-refractivity contribution in [1.29, 1.82) is 0 Å². The number of benzene rings is 1. The van der Waals surface area contributed by atoms with Crippen LogP contribution in [0.25, 0.3) is 22.2 Å². The molecule has 0 saturated carbocycles. The molecule has 0 unspecified atom stereocenters. The van der Waals surface area contributed by atoms with Gasteiger partial charge < -0.3 is 15.5 Å². The summed E-state index contributed by atoms with van der Waals surface area (Å²) in [5.41, 5.74) is 10.8. The average Bonchev–Trinajstić information content (AvgIpc) is 3.29. The fourth-order valence-electron chi connectivity index (χ4n) is 3.09. The number of fused-ring (bicyclic) bond motifs is 1. The van der Waals surface area contributed by atoms with E-state index in [2.05, 4.69) is 26.8 Å². The number of primary amides is 1. The van der Waals surface area contributed by atoms with Crippen LogP contribution in [-0.4, -0.2) is 23.0 Å². The molecule has 26 heavy (non-hydrogen) atoms. The molecule has 0 spiro atoms. The molecule has 0 fully saturated rings. The van der Waals surface area contributed by atoms with Crippen molar-refractivity contribution in [3.05, 3.63) is 70.2 Å². The van der Waals surface area contributed by atoms with Crippen LogP contribution in [0.5, 0.6) is 5.75 Å². The molecule has 0 radical (unpaired) electrons. The quantitative estimate of drug-likeness (QED) is 0.562. The van der Waals surface area contributed by atoms with Gasteiger partial charge >= 0.3 is 0 Å². The van der Waals surface area contributed by atoms with Crippen molar-refractivity contribution in [3.8, 4) is 17.0 Å². The number of hydrogen-bond acceptors (Lipinski definition) is 4. The molecule has 0 saturated heterocycles.